The Kier molecular flexibility index (Phi) is 6.28. The van der Waals surface area contributed by atoms with Gasteiger partial charge in [-0.05, 0) is 68.7 Å². The van der Waals surface area contributed by atoms with Crippen molar-refractivity contribution in [3.8, 4) is 0 Å². The summed E-state index contributed by atoms with van der Waals surface area (Å²) in [4.78, 5) is 0. The van der Waals surface area contributed by atoms with Crippen molar-refractivity contribution in [2.75, 3.05) is 0 Å². The van der Waals surface area contributed by atoms with Crippen molar-refractivity contribution in [3.05, 3.63) is 6.92 Å². The lowest BCUT2D eigenvalue weighted by molar-refractivity contribution is -0.0750. The van der Waals surface area contributed by atoms with E-state index in [1.54, 1.807) is 0 Å². The lowest BCUT2D eigenvalue weighted by Crippen LogP contribution is -2.57. The fourth-order valence-corrected chi connectivity index (χ4v) is 5.49. The van der Waals surface area contributed by atoms with Crippen LogP contribution in [0.2, 0.25) is 6.04 Å². The summed E-state index contributed by atoms with van der Waals surface area (Å²) in [6, 6.07) is 0.735. The van der Waals surface area contributed by atoms with Gasteiger partial charge in [-0.15, -0.1) is 0 Å². The summed E-state index contributed by atoms with van der Waals surface area (Å²) in [6.07, 6.45) is 0.745. The van der Waals surface area contributed by atoms with E-state index in [1.807, 2.05) is 62.3 Å². The molecule has 0 aromatic heterocycles. The van der Waals surface area contributed by atoms with E-state index in [9.17, 15) is 0 Å². The molecule has 0 fully saturated rings. The fraction of sp³-hybridized carbons (Fsp3) is 0.933. The first-order valence-corrected chi connectivity index (χ1v) is 9.01. The zero-order chi connectivity index (χ0) is 15.5. The summed E-state index contributed by atoms with van der Waals surface area (Å²) in [5.74, 6) is 0. The van der Waals surface area contributed by atoms with Crippen LogP contribution in [0.1, 0.15) is 68.7 Å². The molecule has 0 aromatic rings. The quantitative estimate of drug-likeness (QED) is 0.693. The largest absolute Gasteiger partial charge is 0.502 e. The van der Waals surface area contributed by atoms with Gasteiger partial charge in [-0.25, -0.2) is 0 Å². The molecule has 0 N–H and O–H groups in total. The first-order valence-electron chi connectivity index (χ1n) is 7.08. The number of hydrogen-bond acceptors (Lipinski definition) is 3. The van der Waals surface area contributed by atoms with E-state index in [2.05, 4.69) is 6.92 Å². The van der Waals surface area contributed by atoms with Crippen LogP contribution in [0.5, 0.6) is 0 Å². The molecule has 0 saturated heterocycles. The molecule has 0 aliphatic heterocycles. The van der Waals surface area contributed by atoms with Gasteiger partial charge in [0.25, 0.3) is 0 Å². The predicted molar refractivity (Wildman–Crippen MR) is 83.0 cm³/mol. The van der Waals surface area contributed by atoms with Crippen LogP contribution in [0.4, 0.5) is 0 Å². The highest BCUT2D eigenvalue weighted by Gasteiger charge is 2.49. The van der Waals surface area contributed by atoms with Crippen molar-refractivity contribution in [2.24, 2.45) is 0 Å². The minimum absolute atomic E-state index is 0.294. The first-order chi connectivity index (χ1) is 8.18. The van der Waals surface area contributed by atoms with Gasteiger partial charge < -0.3 is 13.3 Å². The Morgan fingerprint density at radius 2 is 0.947 bits per heavy atom. The standard InChI is InChI=1S/C15H33O3Si/c1-11-12-19(16-13(2,3)4,17-14(5,6)7)18-15(8,9)10/h1,11-12H2,2-10H3. The molecule has 0 amide bonds. The van der Waals surface area contributed by atoms with E-state index in [-0.39, 0.29) is 16.8 Å². The Morgan fingerprint density at radius 3 is 1.11 bits per heavy atom. The van der Waals surface area contributed by atoms with Gasteiger partial charge in [0.1, 0.15) is 0 Å². The highest BCUT2D eigenvalue weighted by Crippen LogP contribution is 2.32. The maximum Gasteiger partial charge on any atom is 0.502 e. The highest BCUT2D eigenvalue weighted by atomic mass is 28.4. The van der Waals surface area contributed by atoms with Gasteiger partial charge in [0.05, 0.1) is 16.8 Å². The molecule has 0 aliphatic carbocycles. The molecule has 0 heterocycles. The Balaban J connectivity index is 5.34. The summed E-state index contributed by atoms with van der Waals surface area (Å²) in [5.41, 5.74) is -0.881. The molecule has 115 valence electrons. The smallest absolute Gasteiger partial charge is 0.368 e. The Bertz CT molecular complexity index is 228. The van der Waals surface area contributed by atoms with Crippen LogP contribution in [0, 0.1) is 6.92 Å². The SMILES string of the molecule is [CH2]CC[Si](OC(C)(C)C)(OC(C)(C)C)OC(C)(C)C. The van der Waals surface area contributed by atoms with Gasteiger partial charge in [-0.1, -0.05) is 6.92 Å². The maximum absolute atomic E-state index is 6.27. The summed E-state index contributed by atoms with van der Waals surface area (Å²) < 4.78 is 18.8. The molecule has 19 heavy (non-hydrogen) atoms. The summed E-state index contributed by atoms with van der Waals surface area (Å²) in [6.45, 7) is 22.3. The van der Waals surface area contributed by atoms with Crippen LogP contribution in [-0.2, 0) is 13.3 Å². The molecule has 4 heteroatoms. The van der Waals surface area contributed by atoms with Gasteiger partial charge in [-0.2, -0.15) is 0 Å². The molecule has 0 saturated carbocycles. The fourth-order valence-electron chi connectivity index (χ4n) is 1.83. The lowest BCUT2D eigenvalue weighted by atomic mass is 10.2. The topological polar surface area (TPSA) is 27.7 Å². The molecule has 1 radical (unpaired) electrons. The number of hydrogen-bond donors (Lipinski definition) is 0. The van der Waals surface area contributed by atoms with Crippen LogP contribution in [-0.4, -0.2) is 25.6 Å². The molecule has 0 aliphatic rings. The summed E-state index contributed by atoms with van der Waals surface area (Å²) in [7, 11) is -2.76. The third-order valence-electron chi connectivity index (χ3n) is 1.87. The molecule has 0 rings (SSSR count). The molecule has 0 unspecified atom stereocenters. The second-order valence-corrected chi connectivity index (χ2v) is 10.4. The van der Waals surface area contributed by atoms with Gasteiger partial charge in [-0.3, -0.25) is 0 Å². The van der Waals surface area contributed by atoms with Crippen molar-refractivity contribution in [1.82, 2.24) is 0 Å². The lowest BCUT2D eigenvalue weighted by Gasteiger charge is -2.43. The van der Waals surface area contributed by atoms with Crippen molar-refractivity contribution in [2.45, 2.75) is 91.6 Å². The second kappa shape index (κ2) is 6.25. The Morgan fingerprint density at radius 1 is 0.684 bits per heavy atom. The molecule has 0 aromatic carbocycles. The molecule has 0 spiro atoms. The van der Waals surface area contributed by atoms with Crippen LogP contribution < -0.4 is 0 Å². The Hall–Kier alpha value is 0.0969. The predicted octanol–water partition coefficient (Wildman–Crippen LogP) is 4.59. The minimum atomic E-state index is -2.76. The van der Waals surface area contributed by atoms with Crippen LogP contribution in [0.25, 0.3) is 0 Å². The molecule has 0 bridgehead atoms. The van der Waals surface area contributed by atoms with Crippen molar-refractivity contribution in [1.29, 1.82) is 0 Å². The van der Waals surface area contributed by atoms with E-state index < -0.39 is 8.80 Å². The summed E-state index contributed by atoms with van der Waals surface area (Å²) in [5, 5.41) is 0. The van der Waals surface area contributed by atoms with Gasteiger partial charge in [0.15, 0.2) is 0 Å². The zero-order valence-corrected chi connectivity index (χ0v) is 15.3. The molecule has 0 atom stereocenters. The normalized spacial score (nSPS) is 14.8. The first kappa shape index (κ1) is 19.1. The maximum atomic E-state index is 6.27. The van der Waals surface area contributed by atoms with Gasteiger partial charge in [0.2, 0.25) is 0 Å². The van der Waals surface area contributed by atoms with Crippen molar-refractivity contribution < 1.29 is 13.3 Å². The third kappa shape index (κ3) is 9.60. The average molecular weight is 290 g/mol. The molecular formula is C15H33O3Si. The third-order valence-corrected chi connectivity index (χ3v) is 5.60. The molecule has 3 nitrogen and oxygen atoms in total. The zero-order valence-electron chi connectivity index (χ0n) is 14.3. The van der Waals surface area contributed by atoms with E-state index in [1.165, 1.54) is 0 Å². The van der Waals surface area contributed by atoms with Crippen molar-refractivity contribution >= 4 is 8.80 Å². The van der Waals surface area contributed by atoms with Crippen LogP contribution in [0.3, 0.4) is 0 Å². The summed E-state index contributed by atoms with van der Waals surface area (Å²) >= 11 is 0. The monoisotopic (exact) mass is 289 g/mol. The van der Waals surface area contributed by atoms with Crippen LogP contribution >= 0.6 is 0 Å². The average Bonchev–Trinajstić information content (AvgIpc) is 1.90. The minimum Gasteiger partial charge on any atom is -0.368 e. The van der Waals surface area contributed by atoms with Gasteiger partial charge >= 0.3 is 8.80 Å². The van der Waals surface area contributed by atoms with Crippen molar-refractivity contribution in [3.63, 3.8) is 0 Å². The van der Waals surface area contributed by atoms with E-state index in [0.717, 1.165) is 12.5 Å². The highest BCUT2D eigenvalue weighted by molar-refractivity contribution is 6.61. The van der Waals surface area contributed by atoms with Crippen LogP contribution in [0.15, 0.2) is 0 Å². The van der Waals surface area contributed by atoms with E-state index >= 15 is 0 Å². The number of rotatable bonds is 5. The Labute approximate surface area is 121 Å². The van der Waals surface area contributed by atoms with Gasteiger partial charge in [0, 0.05) is 6.04 Å². The van der Waals surface area contributed by atoms with E-state index in [0.29, 0.717) is 0 Å². The second-order valence-electron chi connectivity index (χ2n) is 7.93. The van der Waals surface area contributed by atoms with E-state index in [4.69, 9.17) is 13.3 Å². The molecular weight excluding hydrogens is 256 g/mol.